The number of aryl methyl sites for hydroxylation is 1. The number of fused-ring (bicyclic) bond motifs is 1. The van der Waals surface area contributed by atoms with E-state index in [2.05, 4.69) is 4.98 Å². The molecule has 0 saturated heterocycles. The van der Waals surface area contributed by atoms with Crippen LogP contribution in [-0.2, 0) is 6.61 Å². The van der Waals surface area contributed by atoms with Crippen LogP contribution in [0.1, 0.15) is 21.6 Å². The Labute approximate surface area is 116 Å². The Morgan fingerprint density at radius 3 is 2.80 bits per heavy atom. The number of hydrogen-bond acceptors (Lipinski definition) is 3. The van der Waals surface area contributed by atoms with E-state index >= 15 is 0 Å². The summed E-state index contributed by atoms with van der Waals surface area (Å²) in [6, 6.07) is 11.1. The van der Waals surface area contributed by atoms with Crippen molar-refractivity contribution >= 4 is 11.9 Å². The Bertz CT molecular complexity index is 745. The maximum Gasteiger partial charge on any atom is 0.150 e. The summed E-state index contributed by atoms with van der Waals surface area (Å²) in [5.74, 6) is 0.726. The zero-order chi connectivity index (χ0) is 13.9. The highest BCUT2D eigenvalue weighted by molar-refractivity contribution is 5.74. The van der Waals surface area contributed by atoms with E-state index in [0.717, 1.165) is 23.4 Å². The zero-order valence-electron chi connectivity index (χ0n) is 11.1. The summed E-state index contributed by atoms with van der Waals surface area (Å²) >= 11 is 0. The van der Waals surface area contributed by atoms with E-state index in [1.165, 1.54) is 5.56 Å². The number of nitrogens with zero attached hydrogens (tertiary/aromatic N) is 2. The first-order valence-corrected chi connectivity index (χ1v) is 6.37. The third kappa shape index (κ3) is 2.54. The summed E-state index contributed by atoms with van der Waals surface area (Å²) in [6.07, 6.45) is 4.75. The molecule has 0 aliphatic heterocycles. The van der Waals surface area contributed by atoms with E-state index in [-0.39, 0.29) is 0 Å². The van der Waals surface area contributed by atoms with E-state index < -0.39 is 0 Å². The molecule has 0 aliphatic carbocycles. The minimum absolute atomic E-state index is 0.404. The highest BCUT2D eigenvalue weighted by atomic mass is 16.5. The van der Waals surface area contributed by atoms with Gasteiger partial charge in [-0.1, -0.05) is 0 Å². The van der Waals surface area contributed by atoms with Crippen molar-refractivity contribution in [1.29, 1.82) is 0 Å². The maximum absolute atomic E-state index is 10.6. The van der Waals surface area contributed by atoms with Gasteiger partial charge in [0.15, 0.2) is 0 Å². The fourth-order valence-corrected chi connectivity index (χ4v) is 2.01. The number of benzene rings is 1. The molecule has 2 heterocycles. The lowest BCUT2D eigenvalue weighted by Gasteiger charge is -2.03. The SMILES string of the molecule is Cc1ccn2cc(COc3ccc(C=O)cc3)nc2c1. The third-order valence-electron chi connectivity index (χ3n) is 3.07. The van der Waals surface area contributed by atoms with Crippen LogP contribution in [0.5, 0.6) is 5.75 Å². The molecule has 100 valence electrons. The van der Waals surface area contributed by atoms with Gasteiger partial charge >= 0.3 is 0 Å². The van der Waals surface area contributed by atoms with E-state index in [9.17, 15) is 4.79 Å². The van der Waals surface area contributed by atoms with Crippen LogP contribution >= 0.6 is 0 Å². The van der Waals surface area contributed by atoms with Gasteiger partial charge in [-0.15, -0.1) is 0 Å². The van der Waals surface area contributed by atoms with Crippen molar-refractivity contribution in [3.05, 3.63) is 65.6 Å². The molecule has 20 heavy (non-hydrogen) atoms. The van der Waals surface area contributed by atoms with E-state index in [4.69, 9.17) is 4.74 Å². The summed E-state index contributed by atoms with van der Waals surface area (Å²) < 4.78 is 7.63. The van der Waals surface area contributed by atoms with Gasteiger partial charge in [0.1, 0.15) is 24.3 Å². The number of ether oxygens (including phenoxy) is 1. The molecule has 0 unspecified atom stereocenters. The number of aromatic nitrogens is 2. The van der Waals surface area contributed by atoms with E-state index in [1.807, 2.05) is 35.9 Å². The van der Waals surface area contributed by atoms with Crippen LogP contribution in [0.15, 0.2) is 48.8 Å². The van der Waals surface area contributed by atoms with Crippen LogP contribution in [0.3, 0.4) is 0 Å². The van der Waals surface area contributed by atoms with Gasteiger partial charge in [-0.3, -0.25) is 4.79 Å². The number of rotatable bonds is 4. The van der Waals surface area contributed by atoms with Crippen molar-refractivity contribution < 1.29 is 9.53 Å². The first-order valence-electron chi connectivity index (χ1n) is 6.37. The largest absolute Gasteiger partial charge is 0.487 e. The topological polar surface area (TPSA) is 43.6 Å². The van der Waals surface area contributed by atoms with Crippen molar-refractivity contribution in [3.8, 4) is 5.75 Å². The average Bonchev–Trinajstić information content (AvgIpc) is 2.87. The average molecular weight is 266 g/mol. The zero-order valence-corrected chi connectivity index (χ0v) is 11.1. The van der Waals surface area contributed by atoms with Gasteiger partial charge in [0, 0.05) is 18.0 Å². The number of aldehydes is 1. The van der Waals surface area contributed by atoms with Crippen LogP contribution in [-0.4, -0.2) is 15.7 Å². The fourth-order valence-electron chi connectivity index (χ4n) is 2.01. The molecule has 4 nitrogen and oxygen atoms in total. The molecule has 0 saturated carbocycles. The van der Waals surface area contributed by atoms with Crippen molar-refractivity contribution in [2.24, 2.45) is 0 Å². The molecule has 4 heteroatoms. The van der Waals surface area contributed by atoms with Crippen molar-refractivity contribution in [1.82, 2.24) is 9.38 Å². The predicted molar refractivity (Wildman–Crippen MR) is 76.1 cm³/mol. The monoisotopic (exact) mass is 266 g/mol. The van der Waals surface area contributed by atoms with Gasteiger partial charge in [-0.05, 0) is 48.9 Å². The normalized spacial score (nSPS) is 10.7. The molecule has 0 amide bonds. The molecule has 0 spiro atoms. The standard InChI is InChI=1S/C16H14N2O2/c1-12-6-7-18-9-14(17-16(18)8-12)11-20-15-4-2-13(10-19)3-5-15/h2-10H,11H2,1H3. The van der Waals surface area contributed by atoms with Gasteiger partial charge < -0.3 is 9.14 Å². The quantitative estimate of drug-likeness (QED) is 0.682. The Kier molecular flexibility index (Phi) is 3.21. The molecular formula is C16H14N2O2. The predicted octanol–water partition coefficient (Wildman–Crippen LogP) is 3.03. The van der Waals surface area contributed by atoms with Crippen molar-refractivity contribution in [2.45, 2.75) is 13.5 Å². The van der Waals surface area contributed by atoms with Crippen molar-refractivity contribution in [3.63, 3.8) is 0 Å². The van der Waals surface area contributed by atoms with Crippen LogP contribution in [0.25, 0.3) is 5.65 Å². The van der Waals surface area contributed by atoms with Gasteiger partial charge in [0.05, 0.1) is 5.69 Å². The molecular weight excluding hydrogens is 252 g/mol. The Hall–Kier alpha value is -2.62. The second-order valence-corrected chi connectivity index (χ2v) is 4.68. The second kappa shape index (κ2) is 5.17. The number of pyridine rings is 1. The summed E-state index contributed by atoms with van der Waals surface area (Å²) in [6.45, 7) is 2.45. The molecule has 0 radical (unpaired) electrons. The second-order valence-electron chi connectivity index (χ2n) is 4.68. The molecule has 2 aromatic heterocycles. The summed E-state index contributed by atoms with van der Waals surface area (Å²) in [4.78, 5) is 15.1. The van der Waals surface area contributed by atoms with Crippen LogP contribution in [0.4, 0.5) is 0 Å². The Morgan fingerprint density at radius 1 is 1.25 bits per heavy atom. The maximum atomic E-state index is 10.6. The number of carbonyl (C=O) groups is 1. The highest BCUT2D eigenvalue weighted by Gasteiger charge is 2.03. The lowest BCUT2D eigenvalue weighted by molar-refractivity contribution is 0.112. The van der Waals surface area contributed by atoms with Gasteiger partial charge in [-0.25, -0.2) is 4.98 Å². The van der Waals surface area contributed by atoms with Crippen LogP contribution in [0, 0.1) is 6.92 Å². The van der Waals surface area contributed by atoms with Gasteiger partial charge in [0.2, 0.25) is 0 Å². The van der Waals surface area contributed by atoms with Crippen molar-refractivity contribution in [2.75, 3.05) is 0 Å². The summed E-state index contributed by atoms with van der Waals surface area (Å²) in [5, 5.41) is 0. The number of imidazole rings is 1. The van der Waals surface area contributed by atoms with Crippen LogP contribution < -0.4 is 4.74 Å². The lowest BCUT2D eigenvalue weighted by Crippen LogP contribution is -1.95. The third-order valence-corrected chi connectivity index (χ3v) is 3.07. The first-order chi connectivity index (χ1) is 9.74. The minimum atomic E-state index is 0.404. The lowest BCUT2D eigenvalue weighted by atomic mass is 10.2. The molecule has 0 atom stereocenters. The van der Waals surface area contributed by atoms with Gasteiger partial charge in [0.25, 0.3) is 0 Å². The molecule has 3 aromatic rings. The molecule has 0 aliphatic rings. The molecule has 0 bridgehead atoms. The number of hydrogen-bond donors (Lipinski definition) is 0. The molecule has 3 rings (SSSR count). The minimum Gasteiger partial charge on any atom is -0.487 e. The Morgan fingerprint density at radius 2 is 2.05 bits per heavy atom. The first kappa shape index (κ1) is 12.4. The van der Waals surface area contributed by atoms with E-state index in [0.29, 0.717) is 12.2 Å². The summed E-state index contributed by atoms with van der Waals surface area (Å²) in [5.41, 5.74) is 3.61. The fraction of sp³-hybridized carbons (Fsp3) is 0.125. The summed E-state index contributed by atoms with van der Waals surface area (Å²) in [7, 11) is 0. The molecule has 1 aromatic carbocycles. The van der Waals surface area contributed by atoms with Crippen LogP contribution in [0.2, 0.25) is 0 Å². The van der Waals surface area contributed by atoms with Gasteiger partial charge in [-0.2, -0.15) is 0 Å². The Balaban J connectivity index is 1.74. The molecule has 0 fully saturated rings. The molecule has 0 N–H and O–H groups in total. The number of carbonyl (C=O) groups excluding carboxylic acids is 1. The van der Waals surface area contributed by atoms with E-state index in [1.54, 1.807) is 24.3 Å². The highest BCUT2D eigenvalue weighted by Crippen LogP contribution is 2.14. The smallest absolute Gasteiger partial charge is 0.150 e.